The molecule has 16 heavy (non-hydrogen) atoms. The fourth-order valence-corrected chi connectivity index (χ4v) is 2.14. The van der Waals surface area contributed by atoms with Crippen molar-refractivity contribution < 1.29 is 8.22 Å². The molecule has 0 bridgehead atoms. The van der Waals surface area contributed by atoms with Gasteiger partial charge in [-0.05, 0) is 35.4 Å². The Morgan fingerprint density at radius 1 is 1.06 bits per heavy atom. The molecule has 0 saturated heterocycles. The molecule has 3 heteroatoms. The molecule has 0 atom stereocenters. The van der Waals surface area contributed by atoms with Crippen molar-refractivity contribution in [3.63, 3.8) is 0 Å². The fourth-order valence-electron chi connectivity index (χ4n) is 1.63. The van der Waals surface area contributed by atoms with Crippen LogP contribution < -0.4 is 0 Å². The largest absolute Gasteiger partial charge is 0.411 e. The van der Waals surface area contributed by atoms with Gasteiger partial charge in [0, 0.05) is 0 Å². The highest BCUT2D eigenvalue weighted by molar-refractivity contribution is 6.42. The third-order valence-electron chi connectivity index (χ3n) is 2.71. The molecule has 0 spiro atoms. The Kier molecular flexibility index (Phi) is 4.65. The van der Waals surface area contributed by atoms with E-state index in [9.17, 15) is 8.22 Å². The molecule has 1 aromatic carbocycles. The van der Waals surface area contributed by atoms with Gasteiger partial charge >= 0.3 is 9.46 Å². The summed E-state index contributed by atoms with van der Waals surface area (Å²) in [4.78, 5) is 0. The second-order valence-electron chi connectivity index (χ2n) is 5.23. The van der Waals surface area contributed by atoms with E-state index in [0.29, 0.717) is 6.42 Å². The average Bonchev–Trinajstić information content (AvgIpc) is 2.16. The fraction of sp³-hybridized carbons (Fsp3) is 0.538. The summed E-state index contributed by atoms with van der Waals surface area (Å²) in [7, 11) is -3.35. The van der Waals surface area contributed by atoms with Crippen molar-refractivity contribution in [1.29, 1.82) is 0 Å². The van der Waals surface area contributed by atoms with E-state index in [4.69, 9.17) is 0 Å². The van der Waals surface area contributed by atoms with E-state index in [1.165, 1.54) is 11.1 Å². The third-order valence-corrected chi connectivity index (χ3v) is 3.55. The highest BCUT2D eigenvalue weighted by Gasteiger charge is 2.13. The Bertz CT molecular complexity index is 312. The summed E-state index contributed by atoms with van der Waals surface area (Å²) in [5.74, 6) is 0. The minimum Gasteiger partial charge on any atom is -0.275 e. The first-order valence-corrected chi connectivity index (χ1v) is 7.46. The van der Waals surface area contributed by atoms with Gasteiger partial charge in [0.1, 0.15) is 0 Å². The zero-order chi connectivity index (χ0) is 12.2. The molecule has 0 aliphatic carbocycles. The van der Waals surface area contributed by atoms with Crippen molar-refractivity contribution in [2.45, 2.75) is 45.1 Å². The summed E-state index contributed by atoms with van der Waals surface area (Å²) in [5, 5.41) is 0. The van der Waals surface area contributed by atoms with E-state index < -0.39 is 9.46 Å². The van der Waals surface area contributed by atoms with Crippen molar-refractivity contribution >= 4 is 9.46 Å². The topological polar surface area (TPSA) is 0 Å². The first-order valence-electron chi connectivity index (χ1n) is 5.77. The molecule has 1 rings (SSSR count). The number of hydrogen-bond donors (Lipinski definition) is 0. The number of hydrogen-bond acceptors (Lipinski definition) is 0. The van der Waals surface area contributed by atoms with Crippen LogP contribution >= 0.6 is 0 Å². The quantitative estimate of drug-likeness (QED) is 0.551. The summed E-state index contributed by atoms with van der Waals surface area (Å²) in [6.45, 7) is 6.51. The zero-order valence-corrected chi connectivity index (χ0v) is 11.4. The van der Waals surface area contributed by atoms with Crippen molar-refractivity contribution in [2.75, 3.05) is 0 Å². The normalized spacial score (nSPS) is 12.1. The Balaban J connectivity index is 2.52. The summed E-state index contributed by atoms with van der Waals surface area (Å²) >= 11 is 0. The smallest absolute Gasteiger partial charge is 0.275 e. The third kappa shape index (κ3) is 4.43. The van der Waals surface area contributed by atoms with Gasteiger partial charge in [-0.15, -0.1) is 0 Å². The van der Waals surface area contributed by atoms with Crippen LogP contribution in [0.5, 0.6) is 0 Å². The first kappa shape index (κ1) is 13.4. The molecular weight excluding hydrogens is 222 g/mol. The van der Waals surface area contributed by atoms with Crippen LogP contribution in [-0.4, -0.2) is 9.46 Å². The van der Waals surface area contributed by atoms with Crippen LogP contribution in [0.1, 0.15) is 38.3 Å². The van der Waals surface area contributed by atoms with E-state index in [1.807, 2.05) is 0 Å². The van der Waals surface area contributed by atoms with Gasteiger partial charge in [-0.2, -0.15) is 0 Å². The van der Waals surface area contributed by atoms with Crippen LogP contribution in [0.3, 0.4) is 0 Å². The van der Waals surface area contributed by atoms with Crippen LogP contribution in [0, 0.1) is 0 Å². The molecule has 1 aromatic rings. The second kappa shape index (κ2) is 5.57. The van der Waals surface area contributed by atoms with Gasteiger partial charge in [-0.3, -0.25) is 8.22 Å². The van der Waals surface area contributed by atoms with Gasteiger partial charge in [0.15, 0.2) is 0 Å². The number of halogens is 2. The lowest BCUT2D eigenvalue weighted by Crippen LogP contribution is -2.10. The molecule has 90 valence electrons. The van der Waals surface area contributed by atoms with Crippen molar-refractivity contribution in [2.24, 2.45) is 0 Å². The van der Waals surface area contributed by atoms with E-state index in [-0.39, 0.29) is 11.5 Å². The minimum absolute atomic E-state index is 0.140. The number of aryl methyl sites for hydroxylation is 1. The van der Waals surface area contributed by atoms with Gasteiger partial charge in [0.2, 0.25) is 0 Å². The standard InChI is InChI=1S/C13H20F2Si/c1-13(2,3)12-8-6-11(7-9-12)5-4-10-16(14)15/h6-9,16H,4-5,10H2,1-3H3. The highest BCUT2D eigenvalue weighted by Crippen LogP contribution is 2.22. The number of benzene rings is 1. The monoisotopic (exact) mass is 242 g/mol. The SMILES string of the molecule is CC(C)(C)c1ccc(CCC[SiH](F)F)cc1. The molecule has 0 nitrogen and oxygen atoms in total. The van der Waals surface area contributed by atoms with E-state index >= 15 is 0 Å². The van der Waals surface area contributed by atoms with Gasteiger partial charge in [-0.25, -0.2) is 0 Å². The molecule has 0 aromatic heterocycles. The first-order chi connectivity index (χ1) is 7.39. The lowest BCUT2D eigenvalue weighted by atomic mass is 9.86. The minimum atomic E-state index is -3.35. The number of rotatable bonds is 4. The molecule has 0 amide bonds. The summed E-state index contributed by atoms with van der Waals surface area (Å²) in [5.41, 5.74) is 2.62. The molecule has 0 aliphatic rings. The van der Waals surface area contributed by atoms with E-state index in [0.717, 1.165) is 6.42 Å². The van der Waals surface area contributed by atoms with Crippen LogP contribution in [0.4, 0.5) is 8.22 Å². The molecule has 0 N–H and O–H groups in total. The Morgan fingerprint density at radius 2 is 1.62 bits per heavy atom. The Labute approximate surface area is 98.6 Å². The molecule has 0 fully saturated rings. The molecule has 0 heterocycles. The van der Waals surface area contributed by atoms with Crippen LogP contribution in [-0.2, 0) is 11.8 Å². The van der Waals surface area contributed by atoms with Crippen LogP contribution in [0.15, 0.2) is 24.3 Å². The van der Waals surface area contributed by atoms with Gasteiger partial charge in [0.05, 0.1) is 0 Å². The lowest BCUT2D eigenvalue weighted by molar-refractivity contribution is 0.590. The maximum absolute atomic E-state index is 12.1. The summed E-state index contributed by atoms with van der Waals surface area (Å²) in [6, 6.07) is 8.48. The van der Waals surface area contributed by atoms with Gasteiger partial charge in [-0.1, -0.05) is 45.0 Å². The molecule has 0 aliphatic heterocycles. The lowest BCUT2D eigenvalue weighted by Gasteiger charge is -2.19. The maximum Gasteiger partial charge on any atom is 0.411 e. The molecular formula is C13H20F2Si. The second-order valence-corrected chi connectivity index (χ2v) is 6.59. The van der Waals surface area contributed by atoms with Gasteiger partial charge < -0.3 is 0 Å². The highest BCUT2D eigenvalue weighted by atomic mass is 28.4. The summed E-state index contributed by atoms with van der Waals surface area (Å²) in [6.07, 6.45) is 1.40. The van der Waals surface area contributed by atoms with E-state index in [2.05, 4.69) is 45.0 Å². The van der Waals surface area contributed by atoms with Crippen molar-refractivity contribution in [3.05, 3.63) is 35.4 Å². The Hall–Kier alpha value is -0.703. The van der Waals surface area contributed by atoms with Crippen LogP contribution in [0.25, 0.3) is 0 Å². The Morgan fingerprint density at radius 3 is 2.06 bits per heavy atom. The molecule has 0 saturated carbocycles. The van der Waals surface area contributed by atoms with E-state index in [1.54, 1.807) is 0 Å². The predicted molar refractivity (Wildman–Crippen MR) is 67.6 cm³/mol. The van der Waals surface area contributed by atoms with Crippen molar-refractivity contribution in [1.82, 2.24) is 0 Å². The molecule has 0 radical (unpaired) electrons. The summed E-state index contributed by atoms with van der Waals surface area (Å²) < 4.78 is 24.2. The zero-order valence-electron chi connectivity index (χ0n) is 10.3. The van der Waals surface area contributed by atoms with Gasteiger partial charge in [0.25, 0.3) is 0 Å². The molecule has 0 unspecified atom stereocenters. The average molecular weight is 242 g/mol. The maximum atomic E-state index is 12.1. The predicted octanol–water partition coefficient (Wildman–Crippen LogP) is 4.08. The van der Waals surface area contributed by atoms with Crippen LogP contribution in [0.2, 0.25) is 6.04 Å². The van der Waals surface area contributed by atoms with Crippen molar-refractivity contribution in [3.8, 4) is 0 Å².